The highest BCUT2D eigenvalue weighted by Gasteiger charge is 2.18. The van der Waals surface area contributed by atoms with Gasteiger partial charge in [0.05, 0.1) is 23.6 Å². The maximum absolute atomic E-state index is 14.1. The van der Waals surface area contributed by atoms with Crippen molar-refractivity contribution >= 4 is 29.0 Å². The summed E-state index contributed by atoms with van der Waals surface area (Å²) >= 11 is 6.15. The van der Waals surface area contributed by atoms with E-state index in [2.05, 4.69) is 10.3 Å². The molecule has 0 aliphatic heterocycles. The molecule has 0 radical (unpaired) electrons. The SMILES string of the molecule is CC(NC=O)c1nc2ccccc2n1Cc1c(F)cccc1Cl. The van der Waals surface area contributed by atoms with Crippen LogP contribution in [0.1, 0.15) is 24.4 Å². The van der Waals surface area contributed by atoms with Crippen molar-refractivity contribution in [3.8, 4) is 0 Å². The molecular weight excluding hydrogens is 317 g/mol. The van der Waals surface area contributed by atoms with Crippen LogP contribution in [0.2, 0.25) is 5.02 Å². The summed E-state index contributed by atoms with van der Waals surface area (Å²) in [7, 11) is 0. The summed E-state index contributed by atoms with van der Waals surface area (Å²) in [6, 6.07) is 11.9. The molecular formula is C17H15ClFN3O. The predicted molar refractivity (Wildman–Crippen MR) is 87.9 cm³/mol. The van der Waals surface area contributed by atoms with Crippen LogP contribution in [0.5, 0.6) is 0 Å². The zero-order valence-electron chi connectivity index (χ0n) is 12.5. The first-order valence-corrected chi connectivity index (χ1v) is 7.57. The normalized spacial score (nSPS) is 12.3. The summed E-state index contributed by atoms with van der Waals surface area (Å²) in [6.45, 7) is 2.07. The van der Waals surface area contributed by atoms with Crippen molar-refractivity contribution in [2.75, 3.05) is 0 Å². The molecule has 0 saturated heterocycles. The van der Waals surface area contributed by atoms with Gasteiger partial charge in [-0.15, -0.1) is 0 Å². The van der Waals surface area contributed by atoms with Gasteiger partial charge in [-0.3, -0.25) is 4.79 Å². The van der Waals surface area contributed by atoms with Crippen molar-refractivity contribution < 1.29 is 9.18 Å². The second-order valence-electron chi connectivity index (χ2n) is 5.25. The van der Waals surface area contributed by atoms with Gasteiger partial charge >= 0.3 is 0 Å². The quantitative estimate of drug-likeness (QED) is 0.725. The minimum atomic E-state index is -0.364. The molecule has 3 rings (SSSR count). The molecule has 0 aliphatic rings. The van der Waals surface area contributed by atoms with Crippen LogP contribution in [0.3, 0.4) is 0 Å². The Labute approximate surface area is 137 Å². The number of aromatic nitrogens is 2. The average molecular weight is 332 g/mol. The first-order chi connectivity index (χ1) is 11.1. The van der Waals surface area contributed by atoms with E-state index in [-0.39, 0.29) is 18.4 Å². The fourth-order valence-electron chi connectivity index (χ4n) is 2.61. The monoisotopic (exact) mass is 331 g/mol. The Bertz CT molecular complexity index is 842. The molecule has 2 aromatic carbocycles. The molecule has 1 unspecified atom stereocenters. The number of hydrogen-bond donors (Lipinski definition) is 1. The van der Waals surface area contributed by atoms with Crippen molar-refractivity contribution in [1.82, 2.24) is 14.9 Å². The van der Waals surface area contributed by atoms with E-state index in [1.54, 1.807) is 12.1 Å². The number of benzene rings is 2. The molecule has 4 nitrogen and oxygen atoms in total. The van der Waals surface area contributed by atoms with E-state index in [1.807, 2.05) is 35.8 Å². The van der Waals surface area contributed by atoms with Crippen molar-refractivity contribution in [1.29, 1.82) is 0 Å². The zero-order valence-corrected chi connectivity index (χ0v) is 13.2. The maximum atomic E-state index is 14.1. The Morgan fingerprint density at radius 2 is 2.09 bits per heavy atom. The third-order valence-corrected chi connectivity index (χ3v) is 4.12. The summed E-state index contributed by atoms with van der Waals surface area (Å²) in [5.41, 5.74) is 2.05. The summed E-state index contributed by atoms with van der Waals surface area (Å²) in [4.78, 5) is 15.3. The molecule has 0 spiro atoms. The molecule has 3 aromatic rings. The van der Waals surface area contributed by atoms with Gasteiger partial charge < -0.3 is 9.88 Å². The second-order valence-corrected chi connectivity index (χ2v) is 5.66. The lowest BCUT2D eigenvalue weighted by molar-refractivity contribution is -0.110. The topological polar surface area (TPSA) is 46.9 Å². The van der Waals surface area contributed by atoms with E-state index in [9.17, 15) is 9.18 Å². The standard InChI is InChI=1S/C17H15ClFN3O/c1-11(20-10-23)17-21-15-7-2-3-8-16(15)22(17)9-12-13(18)5-4-6-14(12)19/h2-8,10-11H,9H2,1H3,(H,20,23). The van der Waals surface area contributed by atoms with Crippen LogP contribution in [0.15, 0.2) is 42.5 Å². The summed E-state index contributed by atoms with van der Waals surface area (Å²) in [5, 5.41) is 3.05. The Hall–Kier alpha value is -2.40. The first kappa shape index (κ1) is 15.5. The third kappa shape index (κ3) is 2.92. The minimum absolute atomic E-state index is 0.242. The van der Waals surface area contributed by atoms with E-state index < -0.39 is 0 Å². The molecule has 1 atom stereocenters. The van der Waals surface area contributed by atoms with Crippen molar-refractivity contribution in [2.24, 2.45) is 0 Å². The Kier molecular flexibility index (Phi) is 4.30. The van der Waals surface area contributed by atoms with E-state index in [0.717, 1.165) is 11.0 Å². The van der Waals surface area contributed by atoms with Gasteiger partial charge in [0.2, 0.25) is 6.41 Å². The molecule has 1 aromatic heterocycles. The Morgan fingerprint density at radius 1 is 1.30 bits per heavy atom. The summed E-state index contributed by atoms with van der Waals surface area (Å²) in [5.74, 6) is 0.287. The van der Waals surface area contributed by atoms with Crippen molar-refractivity contribution in [3.05, 3.63) is 64.7 Å². The second kappa shape index (κ2) is 6.38. The summed E-state index contributed by atoms with van der Waals surface area (Å²) < 4.78 is 16.0. The third-order valence-electron chi connectivity index (χ3n) is 3.77. The number of halogens is 2. The molecule has 0 saturated carbocycles. The fourth-order valence-corrected chi connectivity index (χ4v) is 2.83. The highest BCUT2D eigenvalue weighted by Crippen LogP contribution is 2.26. The smallest absolute Gasteiger partial charge is 0.207 e. The number of carbonyl (C=O) groups excluding carboxylic acids is 1. The fraction of sp³-hybridized carbons (Fsp3) is 0.176. The van der Waals surface area contributed by atoms with Crippen molar-refractivity contribution in [2.45, 2.75) is 19.5 Å². The number of rotatable bonds is 5. The van der Waals surface area contributed by atoms with Crippen LogP contribution >= 0.6 is 11.6 Å². The molecule has 1 amide bonds. The van der Waals surface area contributed by atoms with E-state index in [1.165, 1.54) is 6.07 Å². The number of amides is 1. The van der Waals surface area contributed by atoms with Gasteiger partial charge in [-0.1, -0.05) is 29.8 Å². The first-order valence-electron chi connectivity index (χ1n) is 7.19. The lowest BCUT2D eigenvalue weighted by Crippen LogP contribution is -2.21. The van der Waals surface area contributed by atoms with Crippen LogP contribution in [0.25, 0.3) is 11.0 Å². The Morgan fingerprint density at radius 3 is 2.83 bits per heavy atom. The molecule has 6 heteroatoms. The summed E-state index contributed by atoms with van der Waals surface area (Å²) in [6.07, 6.45) is 0.629. The van der Waals surface area contributed by atoms with Gasteiger partial charge in [-0.2, -0.15) is 0 Å². The Balaban J connectivity index is 2.14. The minimum Gasteiger partial charge on any atom is -0.349 e. The zero-order chi connectivity index (χ0) is 16.4. The number of nitrogens with one attached hydrogen (secondary N) is 1. The molecule has 0 aliphatic carbocycles. The van der Waals surface area contributed by atoms with Gasteiger partial charge in [-0.25, -0.2) is 9.37 Å². The largest absolute Gasteiger partial charge is 0.349 e. The number of nitrogens with zero attached hydrogens (tertiary/aromatic N) is 2. The molecule has 0 fully saturated rings. The number of imidazole rings is 1. The number of hydrogen-bond acceptors (Lipinski definition) is 2. The van der Waals surface area contributed by atoms with Crippen LogP contribution < -0.4 is 5.32 Å². The van der Waals surface area contributed by atoms with E-state index >= 15 is 0 Å². The van der Waals surface area contributed by atoms with Gasteiger partial charge in [0.15, 0.2) is 0 Å². The lowest BCUT2D eigenvalue weighted by Gasteiger charge is -2.15. The van der Waals surface area contributed by atoms with Crippen molar-refractivity contribution in [3.63, 3.8) is 0 Å². The molecule has 1 N–H and O–H groups in total. The number of carbonyl (C=O) groups is 1. The van der Waals surface area contributed by atoms with E-state index in [4.69, 9.17) is 11.6 Å². The van der Waals surface area contributed by atoms with Gasteiger partial charge in [0, 0.05) is 10.6 Å². The average Bonchev–Trinajstić information content (AvgIpc) is 2.90. The van der Waals surface area contributed by atoms with Gasteiger partial charge in [-0.05, 0) is 31.2 Å². The van der Waals surface area contributed by atoms with Gasteiger partial charge in [0.1, 0.15) is 11.6 Å². The van der Waals surface area contributed by atoms with Crippen LogP contribution in [-0.2, 0) is 11.3 Å². The molecule has 23 heavy (non-hydrogen) atoms. The molecule has 118 valence electrons. The number of para-hydroxylation sites is 2. The van der Waals surface area contributed by atoms with Gasteiger partial charge in [0.25, 0.3) is 0 Å². The number of fused-ring (bicyclic) bond motifs is 1. The molecule has 0 bridgehead atoms. The van der Waals surface area contributed by atoms with Crippen LogP contribution in [0.4, 0.5) is 4.39 Å². The maximum Gasteiger partial charge on any atom is 0.207 e. The van der Waals surface area contributed by atoms with Crippen LogP contribution in [0, 0.1) is 5.82 Å². The van der Waals surface area contributed by atoms with Crippen LogP contribution in [-0.4, -0.2) is 16.0 Å². The highest BCUT2D eigenvalue weighted by atomic mass is 35.5. The highest BCUT2D eigenvalue weighted by molar-refractivity contribution is 6.31. The predicted octanol–water partition coefficient (Wildman–Crippen LogP) is 3.68. The molecule has 1 heterocycles. The lowest BCUT2D eigenvalue weighted by atomic mass is 10.2. The van der Waals surface area contributed by atoms with E-state index in [0.29, 0.717) is 22.8 Å².